The number of anilines is 1. The van der Waals surface area contributed by atoms with Gasteiger partial charge in [-0.05, 0) is 43.5 Å². The lowest BCUT2D eigenvalue weighted by molar-refractivity contribution is -0.120. The van der Waals surface area contributed by atoms with E-state index in [1.165, 1.54) is 0 Å². The minimum atomic E-state index is 0.0221. The molecule has 4 heteroatoms. The molecule has 0 aliphatic rings. The van der Waals surface area contributed by atoms with Gasteiger partial charge in [0.25, 0.3) is 0 Å². The van der Waals surface area contributed by atoms with Crippen molar-refractivity contribution < 1.29 is 4.79 Å². The van der Waals surface area contributed by atoms with Crippen molar-refractivity contribution in [2.45, 2.75) is 33.7 Å². The fraction of sp³-hybridized carbons (Fsp3) is 0.500. The molecule has 0 aromatic heterocycles. The van der Waals surface area contributed by atoms with E-state index in [4.69, 9.17) is 0 Å². The van der Waals surface area contributed by atoms with Gasteiger partial charge >= 0.3 is 0 Å². The van der Waals surface area contributed by atoms with Crippen molar-refractivity contribution in [3.8, 4) is 0 Å². The van der Waals surface area contributed by atoms with E-state index >= 15 is 0 Å². The molecular weight excluding hydrogens is 292 g/mol. The fourth-order valence-corrected chi connectivity index (χ4v) is 2.10. The first-order valence-electron chi connectivity index (χ1n) is 6.19. The summed E-state index contributed by atoms with van der Waals surface area (Å²) >= 11 is 3.44. The van der Waals surface area contributed by atoms with Gasteiger partial charge in [0.2, 0.25) is 5.91 Å². The van der Waals surface area contributed by atoms with E-state index in [1.807, 2.05) is 32.0 Å². The first-order valence-corrected chi connectivity index (χ1v) is 6.98. The third kappa shape index (κ3) is 5.08. The van der Waals surface area contributed by atoms with E-state index in [0.717, 1.165) is 15.7 Å². The Morgan fingerprint density at radius 3 is 2.50 bits per heavy atom. The van der Waals surface area contributed by atoms with Crippen LogP contribution < -0.4 is 10.6 Å². The summed E-state index contributed by atoms with van der Waals surface area (Å²) in [6, 6.07) is 6.21. The van der Waals surface area contributed by atoms with Crippen molar-refractivity contribution in [1.82, 2.24) is 5.32 Å². The average molecular weight is 313 g/mol. The van der Waals surface area contributed by atoms with Gasteiger partial charge in [-0.3, -0.25) is 4.79 Å². The van der Waals surface area contributed by atoms with Gasteiger partial charge < -0.3 is 10.6 Å². The quantitative estimate of drug-likeness (QED) is 0.875. The molecular formula is C14H21BrN2O. The number of carbonyl (C=O) groups excluding carboxylic acids is 1. The van der Waals surface area contributed by atoms with Crippen LogP contribution in [-0.2, 0) is 4.79 Å². The van der Waals surface area contributed by atoms with Crippen LogP contribution in [0.15, 0.2) is 22.7 Å². The predicted octanol–water partition coefficient (Wildman–Crippen LogP) is 3.33. The number of aryl methyl sites for hydroxylation is 1. The summed E-state index contributed by atoms with van der Waals surface area (Å²) in [4.78, 5) is 11.7. The number of amides is 1. The number of hydrogen-bond donors (Lipinski definition) is 2. The van der Waals surface area contributed by atoms with Crippen LogP contribution in [0.3, 0.4) is 0 Å². The van der Waals surface area contributed by atoms with Crippen molar-refractivity contribution in [1.29, 1.82) is 0 Å². The molecule has 0 aliphatic heterocycles. The van der Waals surface area contributed by atoms with Gasteiger partial charge in [0, 0.05) is 16.2 Å². The summed E-state index contributed by atoms with van der Waals surface area (Å²) < 4.78 is 1.01. The van der Waals surface area contributed by atoms with Gasteiger partial charge in [-0.2, -0.15) is 0 Å². The lowest BCUT2D eigenvalue weighted by Gasteiger charge is -2.17. The Hall–Kier alpha value is -1.03. The van der Waals surface area contributed by atoms with Crippen molar-refractivity contribution >= 4 is 27.5 Å². The molecule has 0 saturated heterocycles. The van der Waals surface area contributed by atoms with Crippen LogP contribution in [0, 0.1) is 12.8 Å². The molecule has 0 fully saturated rings. The molecule has 0 aliphatic carbocycles. The maximum atomic E-state index is 11.7. The molecule has 18 heavy (non-hydrogen) atoms. The molecule has 100 valence electrons. The van der Waals surface area contributed by atoms with Gasteiger partial charge in [0.1, 0.15) is 0 Å². The third-order valence-electron chi connectivity index (χ3n) is 2.88. The number of carbonyl (C=O) groups is 1. The largest absolute Gasteiger partial charge is 0.376 e. The molecule has 0 radical (unpaired) electrons. The highest BCUT2D eigenvalue weighted by Crippen LogP contribution is 2.18. The van der Waals surface area contributed by atoms with E-state index in [-0.39, 0.29) is 11.9 Å². The minimum absolute atomic E-state index is 0.0221. The Labute approximate surface area is 117 Å². The second kappa shape index (κ2) is 6.78. The highest BCUT2D eigenvalue weighted by molar-refractivity contribution is 9.10. The second-order valence-electron chi connectivity index (χ2n) is 4.97. The topological polar surface area (TPSA) is 41.1 Å². The van der Waals surface area contributed by atoms with Crippen molar-refractivity contribution in [2.75, 3.05) is 11.9 Å². The molecule has 1 aromatic carbocycles. The zero-order chi connectivity index (χ0) is 13.7. The predicted molar refractivity (Wildman–Crippen MR) is 79.8 cm³/mol. The minimum Gasteiger partial charge on any atom is -0.376 e. The smallest absolute Gasteiger partial charge is 0.239 e. The number of benzene rings is 1. The van der Waals surface area contributed by atoms with Crippen molar-refractivity contribution in [3.05, 3.63) is 28.2 Å². The van der Waals surface area contributed by atoms with Gasteiger partial charge in [0.15, 0.2) is 0 Å². The van der Waals surface area contributed by atoms with Crippen LogP contribution in [-0.4, -0.2) is 18.5 Å². The average Bonchev–Trinajstić information content (AvgIpc) is 2.25. The van der Waals surface area contributed by atoms with Gasteiger partial charge in [-0.1, -0.05) is 29.8 Å². The standard InChI is InChI=1S/C14H21BrN2O/c1-9(2)11(4)17-14(18)8-16-13-6-10(3)5-12(15)7-13/h5-7,9,11,16H,8H2,1-4H3,(H,17,18). The lowest BCUT2D eigenvalue weighted by Crippen LogP contribution is -2.39. The normalized spacial score (nSPS) is 12.3. The first kappa shape index (κ1) is 15.0. The highest BCUT2D eigenvalue weighted by Gasteiger charge is 2.10. The molecule has 0 spiro atoms. The van der Waals surface area contributed by atoms with E-state index < -0.39 is 0 Å². The number of halogens is 1. The zero-order valence-corrected chi connectivity index (χ0v) is 13.0. The SMILES string of the molecule is Cc1cc(Br)cc(NCC(=O)NC(C)C(C)C)c1. The van der Waals surface area contributed by atoms with Crippen LogP contribution in [0.1, 0.15) is 26.3 Å². The second-order valence-corrected chi connectivity index (χ2v) is 5.89. The monoisotopic (exact) mass is 312 g/mol. The molecule has 1 rings (SSSR count). The number of rotatable bonds is 5. The maximum Gasteiger partial charge on any atom is 0.239 e. The third-order valence-corrected chi connectivity index (χ3v) is 3.34. The van der Waals surface area contributed by atoms with Gasteiger partial charge in [0.05, 0.1) is 6.54 Å². The van der Waals surface area contributed by atoms with Crippen LogP contribution in [0.2, 0.25) is 0 Å². The Kier molecular flexibility index (Phi) is 5.66. The summed E-state index contributed by atoms with van der Waals surface area (Å²) in [6.07, 6.45) is 0. The summed E-state index contributed by atoms with van der Waals surface area (Å²) in [5.74, 6) is 0.468. The van der Waals surface area contributed by atoms with Gasteiger partial charge in [-0.15, -0.1) is 0 Å². The Balaban J connectivity index is 2.47. The van der Waals surface area contributed by atoms with E-state index in [9.17, 15) is 4.79 Å². The van der Waals surface area contributed by atoms with Crippen molar-refractivity contribution in [2.24, 2.45) is 5.92 Å². The van der Waals surface area contributed by atoms with Crippen LogP contribution in [0.4, 0.5) is 5.69 Å². The molecule has 0 heterocycles. The Bertz CT molecular complexity index is 398. The number of hydrogen-bond acceptors (Lipinski definition) is 2. The molecule has 1 atom stereocenters. The fourth-order valence-electron chi connectivity index (χ4n) is 1.49. The highest BCUT2D eigenvalue weighted by atomic mass is 79.9. The van der Waals surface area contributed by atoms with Gasteiger partial charge in [-0.25, -0.2) is 0 Å². The van der Waals surface area contributed by atoms with E-state index in [2.05, 4.69) is 40.4 Å². The summed E-state index contributed by atoms with van der Waals surface area (Å²) in [5.41, 5.74) is 2.11. The molecule has 3 nitrogen and oxygen atoms in total. The van der Waals surface area contributed by atoms with E-state index in [1.54, 1.807) is 0 Å². The summed E-state index contributed by atoms with van der Waals surface area (Å²) in [7, 11) is 0. The summed E-state index contributed by atoms with van der Waals surface area (Å²) in [5, 5.41) is 6.09. The molecule has 2 N–H and O–H groups in total. The molecule has 1 aromatic rings. The number of nitrogens with one attached hydrogen (secondary N) is 2. The molecule has 1 unspecified atom stereocenters. The lowest BCUT2D eigenvalue weighted by atomic mass is 10.1. The molecule has 0 saturated carbocycles. The Morgan fingerprint density at radius 1 is 1.28 bits per heavy atom. The van der Waals surface area contributed by atoms with Crippen LogP contribution in [0.25, 0.3) is 0 Å². The van der Waals surface area contributed by atoms with E-state index in [0.29, 0.717) is 12.5 Å². The van der Waals surface area contributed by atoms with Crippen molar-refractivity contribution in [3.63, 3.8) is 0 Å². The van der Waals surface area contributed by atoms with Crippen LogP contribution in [0.5, 0.6) is 0 Å². The maximum absolute atomic E-state index is 11.7. The van der Waals surface area contributed by atoms with Crippen LogP contribution >= 0.6 is 15.9 Å². The first-order chi connectivity index (χ1) is 8.38. The zero-order valence-electron chi connectivity index (χ0n) is 11.4. The Morgan fingerprint density at radius 2 is 1.94 bits per heavy atom. The molecule has 1 amide bonds. The summed E-state index contributed by atoms with van der Waals surface area (Å²) in [6.45, 7) is 8.53. The molecule has 0 bridgehead atoms.